The number of rotatable bonds is 10. The summed E-state index contributed by atoms with van der Waals surface area (Å²) in [4.78, 5) is 50.6. The standard InChI is InChI=1S/C27H34Cl2N4O2.C4H4O4/c1-31(26(34)20-6-3-2-4-7-20)19-22(21-8-9-24(28)25(29)18-21)10-15-32-16-11-23(12-17-32)33-14-5-13-30-27(33)35;5-3(6)1-2-4(7)8/h2-4,6-9,18,22-23H,5,10-17,19H2,1H3,(H,30,35);1-2H,(H,5,6)(H,7,8)/t22-;/m1./s1. The van der Waals surface area contributed by atoms with Gasteiger partial charge in [-0.25, -0.2) is 14.4 Å². The normalized spacial score (nSPS) is 16.6. The molecule has 0 aliphatic carbocycles. The van der Waals surface area contributed by atoms with Crippen molar-refractivity contribution in [2.45, 2.75) is 37.6 Å². The van der Waals surface area contributed by atoms with Crippen LogP contribution in [0.4, 0.5) is 4.79 Å². The van der Waals surface area contributed by atoms with Gasteiger partial charge in [-0.05, 0) is 62.1 Å². The number of urea groups is 1. The molecule has 0 aromatic heterocycles. The first-order valence-electron chi connectivity index (χ1n) is 14.2. The van der Waals surface area contributed by atoms with Crippen molar-refractivity contribution in [3.8, 4) is 0 Å². The van der Waals surface area contributed by atoms with Crippen LogP contribution in [0.5, 0.6) is 0 Å². The van der Waals surface area contributed by atoms with Gasteiger partial charge in [0.25, 0.3) is 5.91 Å². The molecule has 2 fully saturated rings. The largest absolute Gasteiger partial charge is 0.478 e. The highest BCUT2D eigenvalue weighted by molar-refractivity contribution is 6.42. The number of halogens is 2. The van der Waals surface area contributed by atoms with Gasteiger partial charge >= 0.3 is 18.0 Å². The van der Waals surface area contributed by atoms with Crippen LogP contribution in [0, 0.1) is 0 Å². The molecular weight excluding hydrogens is 595 g/mol. The Labute approximate surface area is 261 Å². The van der Waals surface area contributed by atoms with E-state index in [-0.39, 0.29) is 17.9 Å². The SMILES string of the molecule is CN(C[C@@H](CCN1CCC(N2CCCNC2=O)CC1)c1ccc(Cl)c(Cl)c1)C(=O)c1ccccc1.O=C(O)C=CC(=O)O. The number of benzene rings is 2. The second-order valence-electron chi connectivity index (χ2n) is 10.6. The number of hydrogen-bond donors (Lipinski definition) is 3. The number of nitrogens with zero attached hydrogens (tertiary/aromatic N) is 3. The van der Waals surface area contributed by atoms with Gasteiger partial charge in [0, 0.05) is 69.4 Å². The number of piperidine rings is 1. The van der Waals surface area contributed by atoms with Crippen LogP contribution in [0.25, 0.3) is 0 Å². The highest BCUT2D eigenvalue weighted by Crippen LogP contribution is 2.30. The summed E-state index contributed by atoms with van der Waals surface area (Å²) in [7, 11) is 1.86. The molecule has 43 heavy (non-hydrogen) atoms. The number of carbonyl (C=O) groups excluding carboxylic acids is 2. The van der Waals surface area contributed by atoms with Crippen LogP contribution >= 0.6 is 23.2 Å². The maximum atomic E-state index is 13.0. The summed E-state index contributed by atoms with van der Waals surface area (Å²) in [6.07, 6.45) is 5.03. The summed E-state index contributed by atoms with van der Waals surface area (Å²) in [5.41, 5.74) is 1.78. The molecule has 0 unspecified atom stereocenters. The van der Waals surface area contributed by atoms with Crippen LogP contribution in [0.15, 0.2) is 60.7 Å². The summed E-state index contributed by atoms with van der Waals surface area (Å²) in [5.74, 6) is -2.37. The Morgan fingerprint density at radius 2 is 1.65 bits per heavy atom. The minimum absolute atomic E-state index is 0.0104. The Morgan fingerprint density at radius 1 is 1.00 bits per heavy atom. The molecule has 12 heteroatoms. The van der Waals surface area contributed by atoms with E-state index in [9.17, 15) is 19.2 Å². The van der Waals surface area contributed by atoms with Crippen molar-refractivity contribution in [2.75, 3.05) is 46.3 Å². The molecule has 3 N–H and O–H groups in total. The molecule has 2 aliphatic heterocycles. The van der Waals surface area contributed by atoms with Crippen molar-refractivity contribution in [1.29, 1.82) is 0 Å². The highest BCUT2D eigenvalue weighted by Gasteiger charge is 2.30. The molecule has 1 atom stereocenters. The fourth-order valence-corrected chi connectivity index (χ4v) is 5.58. The predicted molar refractivity (Wildman–Crippen MR) is 166 cm³/mol. The lowest BCUT2D eigenvalue weighted by Crippen LogP contribution is -2.54. The van der Waals surface area contributed by atoms with Crippen LogP contribution < -0.4 is 5.32 Å². The zero-order valence-electron chi connectivity index (χ0n) is 24.1. The van der Waals surface area contributed by atoms with Crippen molar-refractivity contribution in [2.24, 2.45) is 0 Å². The van der Waals surface area contributed by atoms with E-state index in [1.165, 1.54) is 0 Å². The summed E-state index contributed by atoms with van der Waals surface area (Å²) in [6, 6.07) is 15.6. The molecular formula is C31H38Cl2N4O6. The summed E-state index contributed by atoms with van der Waals surface area (Å²) in [5, 5.41) is 19.7. The first-order chi connectivity index (χ1) is 20.5. The first kappa shape index (κ1) is 33.9. The Kier molecular flexibility index (Phi) is 13.3. The van der Waals surface area contributed by atoms with Crippen molar-refractivity contribution < 1.29 is 29.4 Å². The predicted octanol–water partition coefficient (Wildman–Crippen LogP) is 4.83. The Morgan fingerprint density at radius 3 is 2.23 bits per heavy atom. The quantitative estimate of drug-likeness (QED) is 0.320. The third kappa shape index (κ3) is 10.9. The number of hydrogen-bond acceptors (Lipinski definition) is 5. The topological polar surface area (TPSA) is 130 Å². The van der Waals surface area contributed by atoms with Crippen molar-refractivity contribution in [3.63, 3.8) is 0 Å². The smallest absolute Gasteiger partial charge is 0.328 e. The number of carboxylic acids is 2. The average Bonchev–Trinajstić information content (AvgIpc) is 3.00. The Bertz CT molecular complexity index is 1270. The van der Waals surface area contributed by atoms with Gasteiger partial charge in [0.2, 0.25) is 0 Å². The zero-order valence-corrected chi connectivity index (χ0v) is 25.6. The molecule has 2 aromatic carbocycles. The van der Waals surface area contributed by atoms with Crippen molar-refractivity contribution >= 4 is 47.1 Å². The van der Waals surface area contributed by atoms with Gasteiger partial charge in [0.05, 0.1) is 10.0 Å². The molecule has 0 saturated carbocycles. The maximum absolute atomic E-state index is 13.0. The van der Waals surface area contributed by atoms with Gasteiger partial charge in [-0.15, -0.1) is 0 Å². The summed E-state index contributed by atoms with van der Waals surface area (Å²) in [6.45, 7) is 5.11. The lowest BCUT2D eigenvalue weighted by Gasteiger charge is -2.40. The van der Waals surface area contributed by atoms with E-state index in [0.29, 0.717) is 40.3 Å². The molecule has 2 saturated heterocycles. The van der Waals surface area contributed by atoms with E-state index in [4.69, 9.17) is 33.4 Å². The van der Waals surface area contributed by atoms with Gasteiger partial charge in [0.1, 0.15) is 0 Å². The number of amides is 3. The molecule has 3 amide bonds. The Hall–Kier alpha value is -3.60. The molecule has 2 aliphatic rings. The molecule has 0 bridgehead atoms. The fourth-order valence-electron chi connectivity index (χ4n) is 5.28. The molecule has 10 nitrogen and oxygen atoms in total. The van der Waals surface area contributed by atoms with Crippen LogP contribution in [0.2, 0.25) is 10.0 Å². The number of likely N-dealkylation sites (N-methyl/N-ethyl adjacent to an activating group) is 1. The van der Waals surface area contributed by atoms with E-state index in [2.05, 4.69) is 10.2 Å². The minimum Gasteiger partial charge on any atom is -0.478 e. The van der Waals surface area contributed by atoms with Crippen LogP contribution in [0.1, 0.15) is 47.5 Å². The van der Waals surface area contributed by atoms with Crippen LogP contribution in [0.3, 0.4) is 0 Å². The third-order valence-electron chi connectivity index (χ3n) is 7.55. The Balaban J connectivity index is 0.000000557. The van der Waals surface area contributed by atoms with E-state index in [1.54, 1.807) is 4.90 Å². The molecule has 2 aromatic rings. The fraction of sp³-hybridized carbons (Fsp3) is 0.419. The minimum atomic E-state index is -1.26. The van der Waals surface area contributed by atoms with Gasteiger partial charge in [-0.1, -0.05) is 47.5 Å². The van der Waals surface area contributed by atoms with Gasteiger partial charge < -0.3 is 30.2 Å². The molecule has 232 valence electrons. The second-order valence-corrected chi connectivity index (χ2v) is 11.4. The van der Waals surface area contributed by atoms with E-state index < -0.39 is 11.9 Å². The third-order valence-corrected chi connectivity index (χ3v) is 8.29. The number of carboxylic acid groups (broad SMARTS) is 2. The lowest BCUT2D eigenvalue weighted by atomic mass is 9.93. The maximum Gasteiger partial charge on any atom is 0.328 e. The van der Waals surface area contributed by atoms with Crippen LogP contribution in [-0.4, -0.2) is 101 Å². The van der Waals surface area contributed by atoms with Crippen LogP contribution in [-0.2, 0) is 9.59 Å². The summed E-state index contributed by atoms with van der Waals surface area (Å²) >= 11 is 12.5. The zero-order chi connectivity index (χ0) is 31.4. The van der Waals surface area contributed by atoms with Gasteiger partial charge in [0.15, 0.2) is 0 Å². The van der Waals surface area contributed by atoms with Gasteiger partial charge in [-0.3, -0.25) is 4.79 Å². The van der Waals surface area contributed by atoms with E-state index in [0.717, 1.165) is 64.0 Å². The number of likely N-dealkylation sites (tertiary alicyclic amines) is 1. The second kappa shape index (κ2) is 16.9. The molecule has 0 spiro atoms. The van der Waals surface area contributed by atoms with Gasteiger partial charge in [-0.2, -0.15) is 0 Å². The molecule has 0 radical (unpaired) electrons. The number of aliphatic carboxylic acids is 2. The van der Waals surface area contributed by atoms with Crippen molar-refractivity contribution in [3.05, 3.63) is 81.9 Å². The number of carbonyl (C=O) groups is 4. The monoisotopic (exact) mass is 632 g/mol. The average molecular weight is 634 g/mol. The first-order valence-corrected chi connectivity index (χ1v) is 15.0. The molecule has 4 rings (SSSR count). The van der Waals surface area contributed by atoms with Crippen molar-refractivity contribution in [1.82, 2.24) is 20.0 Å². The number of nitrogens with one attached hydrogen (secondary N) is 1. The van der Waals surface area contributed by atoms with E-state index in [1.807, 2.05) is 60.5 Å². The lowest BCUT2D eigenvalue weighted by molar-refractivity contribution is -0.134. The molecule has 2 heterocycles. The van der Waals surface area contributed by atoms with E-state index >= 15 is 0 Å². The summed E-state index contributed by atoms with van der Waals surface area (Å²) < 4.78 is 0. The highest BCUT2D eigenvalue weighted by atomic mass is 35.5.